The third-order valence-electron chi connectivity index (χ3n) is 2.93. The molecule has 0 unspecified atom stereocenters. The van der Waals surface area contributed by atoms with Gasteiger partial charge in [0.05, 0.1) is 6.10 Å². The summed E-state index contributed by atoms with van der Waals surface area (Å²) in [5, 5.41) is 5.64. The van der Waals surface area contributed by atoms with Crippen molar-refractivity contribution in [3.05, 3.63) is 59.9 Å². The summed E-state index contributed by atoms with van der Waals surface area (Å²) >= 11 is 0. The number of nitrogens with one attached hydrogen (secondary N) is 2. The predicted molar refractivity (Wildman–Crippen MR) is 85.5 cm³/mol. The van der Waals surface area contributed by atoms with E-state index in [2.05, 4.69) is 15.6 Å². The number of pyridine rings is 1. The molecule has 1 aromatic heterocycles. The molecule has 2 N–H and O–H groups in total. The maximum absolute atomic E-state index is 11.8. The van der Waals surface area contributed by atoms with Gasteiger partial charge in [-0.15, -0.1) is 0 Å². The first kappa shape index (κ1) is 15.8. The van der Waals surface area contributed by atoms with Gasteiger partial charge in [0.1, 0.15) is 5.75 Å². The number of nitrogens with zero attached hydrogens (tertiary/aromatic N) is 1. The van der Waals surface area contributed by atoms with Gasteiger partial charge in [0.25, 0.3) is 0 Å². The molecule has 2 aromatic rings. The summed E-state index contributed by atoms with van der Waals surface area (Å²) in [6, 6.07) is 11.3. The van der Waals surface area contributed by atoms with Gasteiger partial charge in [-0.2, -0.15) is 0 Å². The molecule has 0 spiro atoms. The molecule has 2 rings (SSSR count). The van der Waals surface area contributed by atoms with Crippen LogP contribution in [-0.2, 0) is 13.1 Å². The second kappa shape index (κ2) is 8.02. The minimum Gasteiger partial charge on any atom is -0.491 e. The molecule has 0 fully saturated rings. The van der Waals surface area contributed by atoms with Gasteiger partial charge < -0.3 is 15.4 Å². The van der Waals surface area contributed by atoms with E-state index in [0.717, 1.165) is 16.9 Å². The molecular formula is C17H21N3O2. The lowest BCUT2D eigenvalue weighted by Gasteiger charge is -2.11. The van der Waals surface area contributed by atoms with Crippen LogP contribution in [-0.4, -0.2) is 17.1 Å². The molecule has 116 valence electrons. The van der Waals surface area contributed by atoms with Crippen LogP contribution < -0.4 is 15.4 Å². The average Bonchev–Trinajstić information content (AvgIpc) is 2.52. The molecule has 0 aliphatic heterocycles. The summed E-state index contributed by atoms with van der Waals surface area (Å²) < 4.78 is 5.63. The van der Waals surface area contributed by atoms with Crippen molar-refractivity contribution in [3.63, 3.8) is 0 Å². The molecule has 0 saturated heterocycles. The van der Waals surface area contributed by atoms with Crippen molar-refractivity contribution in [2.75, 3.05) is 0 Å². The molecule has 1 aromatic carbocycles. The van der Waals surface area contributed by atoms with Crippen LogP contribution in [0, 0.1) is 0 Å². The molecule has 1 heterocycles. The number of urea groups is 1. The van der Waals surface area contributed by atoms with Crippen LogP contribution in [0.5, 0.6) is 5.75 Å². The summed E-state index contributed by atoms with van der Waals surface area (Å²) in [6.45, 7) is 4.90. The van der Waals surface area contributed by atoms with Crippen LogP contribution in [0.25, 0.3) is 0 Å². The predicted octanol–water partition coefficient (Wildman–Crippen LogP) is 2.87. The fraction of sp³-hybridized carbons (Fsp3) is 0.294. The highest BCUT2D eigenvalue weighted by molar-refractivity contribution is 5.73. The number of hydrogen-bond acceptors (Lipinski definition) is 3. The largest absolute Gasteiger partial charge is 0.491 e. The SMILES string of the molecule is CC(C)Oc1cccc(CNC(=O)NCc2ccncc2)c1. The lowest BCUT2D eigenvalue weighted by Crippen LogP contribution is -2.34. The van der Waals surface area contributed by atoms with Crippen LogP contribution in [0.1, 0.15) is 25.0 Å². The van der Waals surface area contributed by atoms with Crippen LogP contribution >= 0.6 is 0 Å². The van der Waals surface area contributed by atoms with E-state index < -0.39 is 0 Å². The summed E-state index contributed by atoms with van der Waals surface area (Å²) in [4.78, 5) is 15.7. The number of ether oxygens (including phenoxy) is 1. The minimum atomic E-state index is -0.202. The summed E-state index contributed by atoms with van der Waals surface area (Å²) in [5.41, 5.74) is 2.01. The number of rotatable bonds is 6. The zero-order chi connectivity index (χ0) is 15.8. The second-order valence-electron chi connectivity index (χ2n) is 5.21. The van der Waals surface area contributed by atoms with Gasteiger partial charge in [-0.3, -0.25) is 4.98 Å². The maximum atomic E-state index is 11.8. The Balaban J connectivity index is 1.78. The Bertz CT molecular complexity index is 600. The van der Waals surface area contributed by atoms with E-state index in [-0.39, 0.29) is 12.1 Å². The Kier molecular flexibility index (Phi) is 5.77. The highest BCUT2D eigenvalue weighted by Gasteiger charge is 2.03. The van der Waals surface area contributed by atoms with Crippen molar-refractivity contribution in [3.8, 4) is 5.75 Å². The van der Waals surface area contributed by atoms with E-state index in [9.17, 15) is 4.79 Å². The van der Waals surface area contributed by atoms with E-state index in [1.165, 1.54) is 0 Å². The smallest absolute Gasteiger partial charge is 0.315 e. The Morgan fingerprint density at radius 1 is 1.09 bits per heavy atom. The van der Waals surface area contributed by atoms with E-state index in [0.29, 0.717) is 13.1 Å². The minimum absolute atomic E-state index is 0.131. The molecule has 2 amide bonds. The van der Waals surface area contributed by atoms with Crippen LogP contribution in [0.15, 0.2) is 48.8 Å². The van der Waals surface area contributed by atoms with Gasteiger partial charge in [0, 0.05) is 25.5 Å². The number of aromatic nitrogens is 1. The number of benzene rings is 1. The summed E-state index contributed by atoms with van der Waals surface area (Å²) in [6.07, 6.45) is 3.54. The lowest BCUT2D eigenvalue weighted by molar-refractivity contribution is 0.239. The molecule has 0 radical (unpaired) electrons. The summed E-state index contributed by atoms with van der Waals surface area (Å²) in [7, 11) is 0. The topological polar surface area (TPSA) is 63.2 Å². The number of hydrogen-bond donors (Lipinski definition) is 2. The Labute approximate surface area is 130 Å². The molecule has 22 heavy (non-hydrogen) atoms. The Morgan fingerprint density at radius 3 is 2.45 bits per heavy atom. The molecule has 0 bridgehead atoms. The van der Waals surface area contributed by atoms with Gasteiger partial charge in [-0.25, -0.2) is 4.79 Å². The number of amides is 2. The Morgan fingerprint density at radius 2 is 1.77 bits per heavy atom. The van der Waals surface area contributed by atoms with E-state index in [4.69, 9.17) is 4.74 Å². The third kappa shape index (κ3) is 5.44. The second-order valence-corrected chi connectivity index (χ2v) is 5.21. The molecule has 0 saturated carbocycles. The van der Waals surface area contributed by atoms with Crippen molar-refractivity contribution in [1.82, 2.24) is 15.6 Å². The maximum Gasteiger partial charge on any atom is 0.315 e. The van der Waals surface area contributed by atoms with Crippen molar-refractivity contribution >= 4 is 6.03 Å². The normalized spacial score (nSPS) is 10.3. The van der Waals surface area contributed by atoms with Crippen LogP contribution in [0.3, 0.4) is 0 Å². The number of carbonyl (C=O) groups excluding carboxylic acids is 1. The molecule has 0 atom stereocenters. The molecule has 0 aliphatic carbocycles. The first-order valence-corrected chi connectivity index (χ1v) is 7.29. The van der Waals surface area contributed by atoms with Crippen LogP contribution in [0.4, 0.5) is 4.79 Å². The zero-order valence-electron chi connectivity index (χ0n) is 12.9. The van der Waals surface area contributed by atoms with Crippen molar-refractivity contribution in [2.24, 2.45) is 0 Å². The molecule has 5 nitrogen and oxygen atoms in total. The third-order valence-corrected chi connectivity index (χ3v) is 2.93. The molecule has 5 heteroatoms. The van der Waals surface area contributed by atoms with Gasteiger partial charge >= 0.3 is 6.03 Å². The van der Waals surface area contributed by atoms with Crippen molar-refractivity contribution in [2.45, 2.75) is 33.0 Å². The number of carbonyl (C=O) groups is 1. The van der Waals surface area contributed by atoms with Crippen molar-refractivity contribution < 1.29 is 9.53 Å². The van der Waals surface area contributed by atoms with E-state index in [1.807, 2.05) is 50.2 Å². The molecular weight excluding hydrogens is 278 g/mol. The summed E-state index contributed by atoms with van der Waals surface area (Å²) in [5.74, 6) is 0.812. The lowest BCUT2D eigenvalue weighted by atomic mass is 10.2. The quantitative estimate of drug-likeness (QED) is 0.862. The van der Waals surface area contributed by atoms with Gasteiger partial charge in [-0.1, -0.05) is 12.1 Å². The van der Waals surface area contributed by atoms with Gasteiger partial charge in [0.2, 0.25) is 0 Å². The molecule has 0 aliphatic rings. The van der Waals surface area contributed by atoms with Crippen molar-refractivity contribution in [1.29, 1.82) is 0 Å². The highest BCUT2D eigenvalue weighted by atomic mass is 16.5. The standard InChI is InChI=1S/C17H21N3O2/c1-13(2)22-16-5-3-4-15(10-16)12-20-17(21)19-11-14-6-8-18-9-7-14/h3-10,13H,11-12H2,1-2H3,(H2,19,20,21). The first-order chi connectivity index (χ1) is 10.6. The Hall–Kier alpha value is -2.56. The first-order valence-electron chi connectivity index (χ1n) is 7.29. The fourth-order valence-electron chi connectivity index (χ4n) is 1.93. The van der Waals surface area contributed by atoms with Crippen LogP contribution in [0.2, 0.25) is 0 Å². The van der Waals surface area contributed by atoms with E-state index in [1.54, 1.807) is 12.4 Å². The highest BCUT2D eigenvalue weighted by Crippen LogP contribution is 2.14. The zero-order valence-corrected chi connectivity index (χ0v) is 12.9. The van der Waals surface area contributed by atoms with Gasteiger partial charge in [0.15, 0.2) is 0 Å². The fourth-order valence-corrected chi connectivity index (χ4v) is 1.93. The van der Waals surface area contributed by atoms with E-state index >= 15 is 0 Å². The average molecular weight is 299 g/mol. The monoisotopic (exact) mass is 299 g/mol. The van der Waals surface area contributed by atoms with Gasteiger partial charge in [-0.05, 0) is 49.2 Å².